The number of esters is 1. The molecule has 0 spiro atoms. The molecule has 1 amide bonds. The third-order valence-electron chi connectivity index (χ3n) is 14.3. The van der Waals surface area contributed by atoms with Crippen molar-refractivity contribution in [1.82, 2.24) is 5.32 Å². The van der Waals surface area contributed by atoms with Crippen molar-refractivity contribution in [2.24, 2.45) is 0 Å². The number of hydrogen-bond acceptors (Lipinski definition) is 5. The smallest absolute Gasteiger partial charge is 0.305 e. The van der Waals surface area contributed by atoms with E-state index in [1.54, 1.807) is 6.08 Å². The molecule has 2 unspecified atom stereocenters. The van der Waals surface area contributed by atoms with E-state index in [0.717, 1.165) is 38.5 Å². The summed E-state index contributed by atoms with van der Waals surface area (Å²) in [6.45, 7) is 4.93. The first-order chi connectivity index (χ1) is 33.0. The standard InChI is InChI=1S/C61H119NO5/c1-3-5-7-9-11-13-15-17-19-26-29-33-37-41-45-49-53-59(64)58(57-63)62-60(65)54-50-46-42-38-34-30-27-24-22-20-21-23-25-28-32-36-40-44-48-52-56-67-61(66)55-51-47-43-39-35-31-18-16-14-12-10-8-6-4-2/h49,53,58-59,63-64H,3-48,50-52,54-57H2,1-2H3,(H,62,65)/b53-49+. The van der Waals surface area contributed by atoms with E-state index < -0.39 is 12.1 Å². The van der Waals surface area contributed by atoms with Crippen LogP contribution in [0.5, 0.6) is 0 Å². The lowest BCUT2D eigenvalue weighted by Crippen LogP contribution is -2.45. The van der Waals surface area contributed by atoms with E-state index in [4.69, 9.17) is 4.74 Å². The van der Waals surface area contributed by atoms with Crippen LogP contribution in [-0.4, -0.2) is 47.4 Å². The highest BCUT2D eigenvalue weighted by molar-refractivity contribution is 5.76. The van der Waals surface area contributed by atoms with Crippen molar-refractivity contribution in [2.75, 3.05) is 13.2 Å². The summed E-state index contributed by atoms with van der Waals surface area (Å²) in [7, 11) is 0. The van der Waals surface area contributed by atoms with Crippen molar-refractivity contribution in [3.8, 4) is 0 Å². The molecule has 0 fully saturated rings. The second kappa shape index (κ2) is 57.2. The molecule has 6 nitrogen and oxygen atoms in total. The van der Waals surface area contributed by atoms with Crippen LogP contribution in [-0.2, 0) is 14.3 Å². The maximum Gasteiger partial charge on any atom is 0.305 e. The lowest BCUT2D eigenvalue weighted by Gasteiger charge is -2.20. The van der Waals surface area contributed by atoms with E-state index in [2.05, 4.69) is 19.2 Å². The van der Waals surface area contributed by atoms with Crippen LogP contribution in [0.25, 0.3) is 0 Å². The normalized spacial score (nSPS) is 12.6. The van der Waals surface area contributed by atoms with Gasteiger partial charge in [0.15, 0.2) is 0 Å². The first kappa shape index (κ1) is 65.6. The highest BCUT2D eigenvalue weighted by Gasteiger charge is 2.18. The number of rotatable bonds is 57. The van der Waals surface area contributed by atoms with Gasteiger partial charge in [-0.25, -0.2) is 0 Å². The molecule has 0 radical (unpaired) electrons. The fourth-order valence-corrected chi connectivity index (χ4v) is 9.64. The lowest BCUT2D eigenvalue weighted by atomic mass is 10.0. The number of carbonyl (C=O) groups excluding carboxylic acids is 2. The molecule has 0 aromatic heterocycles. The van der Waals surface area contributed by atoms with Gasteiger partial charge in [-0.3, -0.25) is 9.59 Å². The summed E-state index contributed by atoms with van der Waals surface area (Å²) in [5.74, 6) is -0.0545. The molecular formula is C61H119NO5. The van der Waals surface area contributed by atoms with Gasteiger partial charge in [0.1, 0.15) is 0 Å². The Kier molecular flexibility index (Phi) is 56.0. The van der Waals surface area contributed by atoms with Crippen LogP contribution in [0.3, 0.4) is 0 Å². The molecule has 6 heteroatoms. The summed E-state index contributed by atoms with van der Waals surface area (Å²) in [4.78, 5) is 24.5. The van der Waals surface area contributed by atoms with Gasteiger partial charge in [-0.05, 0) is 32.1 Å². The molecular weight excluding hydrogens is 827 g/mol. The van der Waals surface area contributed by atoms with E-state index in [-0.39, 0.29) is 18.5 Å². The Hall–Kier alpha value is -1.40. The Morgan fingerprint density at radius 3 is 1.01 bits per heavy atom. The number of hydrogen-bond donors (Lipinski definition) is 3. The zero-order valence-electron chi connectivity index (χ0n) is 45.4. The minimum Gasteiger partial charge on any atom is -0.466 e. The second-order valence-electron chi connectivity index (χ2n) is 21.0. The highest BCUT2D eigenvalue weighted by Crippen LogP contribution is 2.18. The van der Waals surface area contributed by atoms with Gasteiger partial charge in [0.25, 0.3) is 0 Å². The number of ether oxygens (including phenoxy) is 1. The molecule has 0 saturated heterocycles. The molecule has 398 valence electrons. The van der Waals surface area contributed by atoms with Crippen molar-refractivity contribution < 1.29 is 24.5 Å². The molecule has 0 saturated carbocycles. The molecule has 0 bridgehead atoms. The van der Waals surface area contributed by atoms with Crippen LogP contribution in [0, 0.1) is 0 Å². The maximum absolute atomic E-state index is 12.5. The monoisotopic (exact) mass is 946 g/mol. The van der Waals surface area contributed by atoms with Gasteiger partial charge < -0.3 is 20.3 Å². The average molecular weight is 947 g/mol. The third-order valence-corrected chi connectivity index (χ3v) is 14.3. The van der Waals surface area contributed by atoms with E-state index >= 15 is 0 Å². The summed E-state index contributed by atoms with van der Waals surface area (Å²) in [5, 5.41) is 23.1. The van der Waals surface area contributed by atoms with Crippen molar-refractivity contribution in [1.29, 1.82) is 0 Å². The fourth-order valence-electron chi connectivity index (χ4n) is 9.64. The first-order valence-corrected chi connectivity index (χ1v) is 30.5. The summed E-state index contributed by atoms with van der Waals surface area (Å²) >= 11 is 0. The molecule has 67 heavy (non-hydrogen) atoms. The van der Waals surface area contributed by atoms with Gasteiger partial charge in [0.05, 0.1) is 25.4 Å². The van der Waals surface area contributed by atoms with E-state index in [1.807, 2.05) is 6.08 Å². The Morgan fingerprint density at radius 1 is 0.403 bits per heavy atom. The largest absolute Gasteiger partial charge is 0.466 e. The Bertz CT molecular complexity index is 1000. The van der Waals surface area contributed by atoms with Gasteiger partial charge in [0.2, 0.25) is 5.91 Å². The van der Waals surface area contributed by atoms with Crippen molar-refractivity contribution in [3.63, 3.8) is 0 Å². The number of amides is 1. The first-order valence-electron chi connectivity index (χ1n) is 30.5. The zero-order valence-corrected chi connectivity index (χ0v) is 45.4. The predicted octanol–water partition coefficient (Wildman–Crippen LogP) is 18.9. The van der Waals surface area contributed by atoms with E-state index in [9.17, 15) is 19.8 Å². The van der Waals surface area contributed by atoms with Crippen molar-refractivity contribution >= 4 is 11.9 Å². The predicted molar refractivity (Wildman–Crippen MR) is 292 cm³/mol. The molecule has 0 aliphatic carbocycles. The third kappa shape index (κ3) is 53.8. The Morgan fingerprint density at radius 2 is 0.687 bits per heavy atom. The number of unbranched alkanes of at least 4 members (excludes halogenated alkanes) is 46. The second-order valence-corrected chi connectivity index (χ2v) is 21.0. The Balaban J connectivity index is 3.40. The summed E-state index contributed by atoms with van der Waals surface area (Å²) in [5.41, 5.74) is 0. The topological polar surface area (TPSA) is 95.9 Å². The van der Waals surface area contributed by atoms with Gasteiger partial charge in [0, 0.05) is 12.8 Å². The maximum atomic E-state index is 12.5. The number of aliphatic hydroxyl groups is 2. The highest BCUT2D eigenvalue weighted by atomic mass is 16.5. The van der Waals surface area contributed by atoms with Crippen LogP contribution in [0.15, 0.2) is 12.2 Å². The van der Waals surface area contributed by atoms with Crippen molar-refractivity contribution in [3.05, 3.63) is 12.2 Å². The van der Waals surface area contributed by atoms with Crippen LogP contribution in [0.2, 0.25) is 0 Å². The average Bonchev–Trinajstić information content (AvgIpc) is 3.33. The zero-order chi connectivity index (χ0) is 48.6. The SMILES string of the molecule is CCCCCCCCCCCCCCCC/C=C/C(O)C(CO)NC(=O)CCCCCCCCCCCCCCCCCCCCCCOC(=O)CCCCCCCCCCCCCCCC. The summed E-state index contributed by atoms with van der Waals surface area (Å²) < 4.78 is 5.48. The molecule has 0 rings (SSSR count). The number of aliphatic hydroxyl groups excluding tert-OH is 2. The Labute approximate surface area is 419 Å². The molecule has 0 aromatic carbocycles. The van der Waals surface area contributed by atoms with Crippen LogP contribution in [0.1, 0.15) is 341 Å². The molecule has 0 aliphatic rings. The van der Waals surface area contributed by atoms with Gasteiger partial charge in [-0.1, -0.05) is 309 Å². The van der Waals surface area contributed by atoms with Crippen molar-refractivity contribution in [2.45, 2.75) is 353 Å². The van der Waals surface area contributed by atoms with Gasteiger partial charge in [-0.15, -0.1) is 0 Å². The van der Waals surface area contributed by atoms with E-state index in [1.165, 1.54) is 276 Å². The fraction of sp³-hybridized carbons (Fsp3) is 0.934. The number of carbonyl (C=O) groups is 2. The molecule has 2 atom stereocenters. The van der Waals surface area contributed by atoms with Crippen LogP contribution < -0.4 is 5.32 Å². The molecule has 0 aliphatic heterocycles. The van der Waals surface area contributed by atoms with Gasteiger partial charge >= 0.3 is 5.97 Å². The minimum atomic E-state index is -0.845. The van der Waals surface area contributed by atoms with Crippen LogP contribution in [0.4, 0.5) is 0 Å². The summed E-state index contributed by atoms with van der Waals surface area (Å²) in [6, 6.07) is -0.628. The molecule has 0 heterocycles. The molecule has 0 aromatic rings. The molecule has 3 N–H and O–H groups in total. The number of nitrogens with one attached hydrogen (secondary N) is 1. The van der Waals surface area contributed by atoms with Crippen LogP contribution >= 0.6 is 0 Å². The lowest BCUT2D eigenvalue weighted by molar-refractivity contribution is -0.143. The van der Waals surface area contributed by atoms with Gasteiger partial charge in [-0.2, -0.15) is 0 Å². The minimum absolute atomic E-state index is 0.0128. The van der Waals surface area contributed by atoms with E-state index in [0.29, 0.717) is 19.4 Å². The summed E-state index contributed by atoms with van der Waals surface area (Å²) in [6.07, 6.45) is 68.1. The quantitative estimate of drug-likeness (QED) is 0.0321. The number of allylic oxidation sites excluding steroid dienone is 1.